The zero-order chi connectivity index (χ0) is 20.2. The molecule has 152 valence electrons. The monoisotopic (exact) mass is 394 g/mol. The number of carbonyl (C=O) groups is 2. The molecular formula is C23H26N2O4. The minimum atomic E-state index is -0.0539. The first-order chi connectivity index (χ1) is 14.1. The molecule has 1 saturated heterocycles. The molecule has 0 bridgehead atoms. The largest absolute Gasteiger partial charge is 0.490 e. The first-order valence-corrected chi connectivity index (χ1v) is 10.1. The Kier molecular flexibility index (Phi) is 5.81. The second kappa shape index (κ2) is 8.66. The molecule has 1 amide bonds. The van der Waals surface area contributed by atoms with Crippen molar-refractivity contribution < 1.29 is 19.1 Å². The number of Topliss-reactive ketones (excluding diaryl/α,β-unsaturated/α-hetero) is 1. The Morgan fingerprint density at radius 2 is 1.79 bits per heavy atom. The van der Waals surface area contributed by atoms with Crippen LogP contribution in [0.4, 0.5) is 5.69 Å². The van der Waals surface area contributed by atoms with Crippen LogP contribution in [0.1, 0.15) is 48.1 Å². The van der Waals surface area contributed by atoms with Crippen LogP contribution in [-0.4, -0.2) is 42.9 Å². The van der Waals surface area contributed by atoms with Crippen molar-refractivity contribution >= 4 is 17.4 Å². The van der Waals surface area contributed by atoms with Crippen molar-refractivity contribution in [1.29, 1.82) is 0 Å². The third-order valence-electron chi connectivity index (χ3n) is 5.44. The van der Waals surface area contributed by atoms with Crippen LogP contribution in [0, 0.1) is 0 Å². The number of ether oxygens (including phenoxy) is 2. The van der Waals surface area contributed by atoms with E-state index in [-0.39, 0.29) is 17.7 Å². The van der Waals surface area contributed by atoms with Crippen LogP contribution < -0.4 is 14.8 Å². The molecule has 2 aromatic rings. The molecule has 6 heteroatoms. The van der Waals surface area contributed by atoms with Gasteiger partial charge in [0.1, 0.15) is 0 Å². The summed E-state index contributed by atoms with van der Waals surface area (Å²) >= 11 is 0. The summed E-state index contributed by atoms with van der Waals surface area (Å²) in [5, 5.41) is 2.93. The van der Waals surface area contributed by atoms with E-state index in [1.54, 1.807) is 24.3 Å². The summed E-state index contributed by atoms with van der Waals surface area (Å²) in [5.74, 6) is 1.55. The highest BCUT2D eigenvalue weighted by atomic mass is 16.5. The predicted molar refractivity (Wildman–Crippen MR) is 111 cm³/mol. The number of likely N-dealkylation sites (tertiary alicyclic amines) is 1. The summed E-state index contributed by atoms with van der Waals surface area (Å²) in [6.07, 6.45) is 2.95. The number of nitrogens with zero attached hydrogens (tertiary/aromatic N) is 1. The first-order valence-electron chi connectivity index (χ1n) is 10.1. The Labute approximate surface area is 170 Å². The number of fused-ring (bicyclic) bond motifs is 1. The number of ketones is 1. The van der Waals surface area contributed by atoms with E-state index in [0.717, 1.165) is 42.9 Å². The minimum absolute atomic E-state index is 0.0120. The fourth-order valence-corrected chi connectivity index (χ4v) is 3.95. The standard InChI is InChI=1S/C23H26N2O4/c1-16(26)17-5-8-19(9-6-17)24-23(27)15-25-11-2-4-20(25)18-7-10-21-22(14-18)29-13-3-12-28-21/h5-10,14,20H,2-4,11-13,15H2,1H3,(H,24,27)/t20-/m1/s1. The average Bonchev–Trinajstić information content (AvgIpc) is 3.03. The van der Waals surface area contributed by atoms with Gasteiger partial charge in [0.15, 0.2) is 17.3 Å². The Morgan fingerprint density at radius 1 is 1.03 bits per heavy atom. The second-order valence-corrected chi connectivity index (χ2v) is 7.57. The summed E-state index contributed by atoms with van der Waals surface area (Å²) in [5.41, 5.74) is 2.49. The van der Waals surface area contributed by atoms with Gasteiger partial charge in [-0.25, -0.2) is 0 Å². The van der Waals surface area contributed by atoms with E-state index in [0.29, 0.717) is 31.0 Å². The lowest BCUT2D eigenvalue weighted by Gasteiger charge is -2.25. The molecule has 2 aliphatic heterocycles. The maximum absolute atomic E-state index is 12.6. The molecule has 6 nitrogen and oxygen atoms in total. The summed E-state index contributed by atoms with van der Waals surface area (Å²) in [7, 11) is 0. The third kappa shape index (κ3) is 4.59. The zero-order valence-corrected chi connectivity index (χ0v) is 16.6. The van der Waals surface area contributed by atoms with Crippen LogP contribution in [-0.2, 0) is 4.79 Å². The number of anilines is 1. The SMILES string of the molecule is CC(=O)c1ccc(NC(=O)CN2CCC[C@@H]2c2ccc3c(c2)OCCCO3)cc1. The highest BCUT2D eigenvalue weighted by Crippen LogP contribution is 2.37. The lowest BCUT2D eigenvalue weighted by atomic mass is 10.0. The molecule has 0 spiro atoms. The summed E-state index contributed by atoms with van der Waals surface area (Å²) in [6, 6.07) is 13.3. The summed E-state index contributed by atoms with van der Waals surface area (Å²) in [6.45, 7) is 4.08. The maximum atomic E-state index is 12.6. The van der Waals surface area contributed by atoms with Gasteiger partial charge in [-0.1, -0.05) is 6.07 Å². The van der Waals surface area contributed by atoms with Crippen molar-refractivity contribution in [3.63, 3.8) is 0 Å². The number of rotatable bonds is 5. The van der Waals surface area contributed by atoms with Crippen LogP contribution in [0.15, 0.2) is 42.5 Å². The lowest BCUT2D eigenvalue weighted by Crippen LogP contribution is -2.33. The number of carbonyl (C=O) groups excluding carboxylic acids is 2. The third-order valence-corrected chi connectivity index (χ3v) is 5.44. The van der Waals surface area contributed by atoms with Crippen molar-refractivity contribution in [3.8, 4) is 11.5 Å². The molecular weight excluding hydrogens is 368 g/mol. The topological polar surface area (TPSA) is 67.9 Å². The van der Waals surface area contributed by atoms with E-state index in [1.807, 2.05) is 6.07 Å². The number of nitrogens with one attached hydrogen (secondary N) is 1. The van der Waals surface area contributed by atoms with Crippen molar-refractivity contribution in [2.24, 2.45) is 0 Å². The van der Waals surface area contributed by atoms with Gasteiger partial charge in [0.05, 0.1) is 19.8 Å². The van der Waals surface area contributed by atoms with Gasteiger partial charge in [-0.15, -0.1) is 0 Å². The van der Waals surface area contributed by atoms with Gasteiger partial charge in [-0.05, 0) is 68.3 Å². The molecule has 1 fully saturated rings. The van der Waals surface area contributed by atoms with Crippen LogP contribution in [0.25, 0.3) is 0 Å². The van der Waals surface area contributed by atoms with Crippen molar-refractivity contribution in [2.45, 2.75) is 32.2 Å². The van der Waals surface area contributed by atoms with Gasteiger partial charge < -0.3 is 14.8 Å². The van der Waals surface area contributed by atoms with E-state index >= 15 is 0 Å². The van der Waals surface area contributed by atoms with E-state index in [2.05, 4.69) is 22.3 Å². The Hall–Kier alpha value is -2.86. The normalized spacial score (nSPS) is 18.9. The number of benzene rings is 2. The average molecular weight is 394 g/mol. The molecule has 1 N–H and O–H groups in total. The van der Waals surface area contributed by atoms with Crippen molar-refractivity contribution in [2.75, 3.05) is 31.6 Å². The van der Waals surface area contributed by atoms with Gasteiger partial charge >= 0.3 is 0 Å². The van der Waals surface area contributed by atoms with Gasteiger partial charge in [0.25, 0.3) is 0 Å². The summed E-state index contributed by atoms with van der Waals surface area (Å²) in [4.78, 5) is 26.2. The zero-order valence-electron chi connectivity index (χ0n) is 16.6. The van der Waals surface area contributed by atoms with Gasteiger partial charge in [0.2, 0.25) is 5.91 Å². The van der Waals surface area contributed by atoms with Crippen LogP contribution in [0.2, 0.25) is 0 Å². The molecule has 2 aliphatic rings. The van der Waals surface area contributed by atoms with Crippen LogP contribution in [0.3, 0.4) is 0 Å². The van der Waals surface area contributed by atoms with Crippen molar-refractivity contribution in [1.82, 2.24) is 4.90 Å². The number of hydrogen-bond donors (Lipinski definition) is 1. The summed E-state index contributed by atoms with van der Waals surface area (Å²) < 4.78 is 11.5. The Balaban J connectivity index is 1.41. The lowest BCUT2D eigenvalue weighted by molar-refractivity contribution is -0.117. The molecule has 2 aromatic carbocycles. The molecule has 0 radical (unpaired) electrons. The van der Waals surface area contributed by atoms with Crippen molar-refractivity contribution in [3.05, 3.63) is 53.6 Å². The van der Waals surface area contributed by atoms with E-state index in [4.69, 9.17) is 9.47 Å². The highest BCUT2D eigenvalue weighted by Gasteiger charge is 2.28. The molecule has 1 atom stereocenters. The molecule has 29 heavy (non-hydrogen) atoms. The van der Waals surface area contributed by atoms with Crippen LogP contribution in [0.5, 0.6) is 11.5 Å². The van der Waals surface area contributed by atoms with Gasteiger partial charge in [-0.2, -0.15) is 0 Å². The van der Waals surface area contributed by atoms with E-state index in [9.17, 15) is 9.59 Å². The van der Waals surface area contributed by atoms with E-state index < -0.39 is 0 Å². The molecule has 2 heterocycles. The van der Waals surface area contributed by atoms with E-state index in [1.165, 1.54) is 6.92 Å². The van der Waals surface area contributed by atoms with Gasteiger partial charge in [-0.3, -0.25) is 14.5 Å². The fourth-order valence-electron chi connectivity index (χ4n) is 3.95. The highest BCUT2D eigenvalue weighted by molar-refractivity contribution is 5.96. The molecule has 0 aromatic heterocycles. The smallest absolute Gasteiger partial charge is 0.238 e. The number of amides is 1. The van der Waals surface area contributed by atoms with Crippen LogP contribution >= 0.6 is 0 Å². The molecule has 0 saturated carbocycles. The molecule has 0 aliphatic carbocycles. The predicted octanol–water partition coefficient (Wildman–Crippen LogP) is 3.83. The maximum Gasteiger partial charge on any atom is 0.238 e. The van der Waals surface area contributed by atoms with Gasteiger partial charge in [0, 0.05) is 23.7 Å². The quantitative estimate of drug-likeness (QED) is 0.781. The Bertz CT molecular complexity index is 894. The molecule has 4 rings (SSSR count). The minimum Gasteiger partial charge on any atom is -0.490 e. The second-order valence-electron chi connectivity index (χ2n) is 7.57. The number of hydrogen-bond acceptors (Lipinski definition) is 5. The first kappa shape index (κ1) is 19.5. The fraction of sp³-hybridized carbons (Fsp3) is 0.391. The molecule has 0 unspecified atom stereocenters. The Morgan fingerprint density at radius 3 is 2.55 bits per heavy atom.